The number of hydrogen-bond donors (Lipinski definition) is 2. The summed E-state index contributed by atoms with van der Waals surface area (Å²) in [6, 6.07) is 0.919. The minimum atomic E-state index is -0.585. The molecule has 1 aliphatic rings. The highest BCUT2D eigenvalue weighted by atomic mass is 16.6. The van der Waals surface area contributed by atoms with E-state index in [0.717, 1.165) is 19.0 Å². The van der Waals surface area contributed by atoms with E-state index in [9.17, 15) is 20.0 Å². The lowest BCUT2D eigenvalue weighted by Gasteiger charge is -2.28. The van der Waals surface area contributed by atoms with Crippen molar-refractivity contribution in [1.82, 2.24) is 10.3 Å². The molecule has 1 aliphatic carbocycles. The van der Waals surface area contributed by atoms with E-state index in [1.165, 1.54) is 6.07 Å². The summed E-state index contributed by atoms with van der Waals surface area (Å²) in [5, 5.41) is 23.3. The molecule has 1 aromatic heterocycles. The quantitative estimate of drug-likeness (QED) is 0.641. The van der Waals surface area contributed by atoms with Crippen LogP contribution in [-0.4, -0.2) is 33.1 Å². The second-order valence-electron chi connectivity index (χ2n) is 5.02. The lowest BCUT2D eigenvalue weighted by molar-refractivity contribution is -0.385. The van der Waals surface area contributed by atoms with E-state index in [1.807, 2.05) is 0 Å². The SMILES string of the molecule is Cc1ncc([N+](=O)[O-])cc1C(=O)NC1CCCCC1O. The standard InChI is InChI=1S/C13H17N3O4/c1-8-10(6-9(7-14-8)16(19)20)13(18)15-11-4-2-3-5-12(11)17/h6-7,11-12,17H,2-5H2,1H3,(H,15,18). The van der Waals surface area contributed by atoms with Gasteiger partial charge in [0.05, 0.1) is 28.3 Å². The Bertz CT molecular complexity index is 532. The van der Waals surface area contributed by atoms with Crippen LogP contribution in [0.2, 0.25) is 0 Å². The highest BCUT2D eigenvalue weighted by Crippen LogP contribution is 2.20. The maximum absolute atomic E-state index is 12.2. The Labute approximate surface area is 116 Å². The number of nitro groups is 1. The molecule has 0 spiro atoms. The van der Waals surface area contributed by atoms with Gasteiger partial charge in [0.2, 0.25) is 0 Å². The zero-order chi connectivity index (χ0) is 14.7. The molecule has 1 heterocycles. The normalized spacial score (nSPS) is 22.3. The van der Waals surface area contributed by atoms with Crippen molar-refractivity contribution in [3.63, 3.8) is 0 Å². The van der Waals surface area contributed by atoms with Gasteiger partial charge in [-0.1, -0.05) is 12.8 Å². The van der Waals surface area contributed by atoms with Crippen molar-refractivity contribution in [2.75, 3.05) is 0 Å². The number of aliphatic hydroxyl groups is 1. The van der Waals surface area contributed by atoms with Gasteiger partial charge in [0.1, 0.15) is 6.20 Å². The minimum absolute atomic E-state index is 0.178. The number of hydrogen-bond acceptors (Lipinski definition) is 5. The van der Waals surface area contributed by atoms with Crippen molar-refractivity contribution < 1.29 is 14.8 Å². The van der Waals surface area contributed by atoms with E-state index in [1.54, 1.807) is 6.92 Å². The van der Waals surface area contributed by atoms with E-state index >= 15 is 0 Å². The molecule has 1 aromatic rings. The lowest BCUT2D eigenvalue weighted by Crippen LogP contribution is -2.45. The lowest BCUT2D eigenvalue weighted by atomic mass is 9.92. The van der Waals surface area contributed by atoms with Gasteiger partial charge in [-0.05, 0) is 19.8 Å². The molecule has 7 heteroatoms. The van der Waals surface area contributed by atoms with Crippen LogP contribution in [0, 0.1) is 17.0 Å². The molecule has 2 unspecified atom stereocenters. The van der Waals surface area contributed by atoms with Gasteiger partial charge >= 0.3 is 0 Å². The summed E-state index contributed by atoms with van der Waals surface area (Å²) in [6.45, 7) is 1.62. The van der Waals surface area contributed by atoms with Crippen molar-refractivity contribution in [1.29, 1.82) is 0 Å². The number of nitrogens with one attached hydrogen (secondary N) is 1. The highest BCUT2D eigenvalue weighted by Gasteiger charge is 2.26. The van der Waals surface area contributed by atoms with Gasteiger partial charge in [-0.3, -0.25) is 19.9 Å². The first-order valence-corrected chi connectivity index (χ1v) is 6.59. The molecular formula is C13H17N3O4. The second kappa shape index (κ2) is 5.96. The largest absolute Gasteiger partial charge is 0.391 e. The second-order valence-corrected chi connectivity index (χ2v) is 5.02. The summed E-state index contributed by atoms with van der Waals surface area (Å²) in [6.07, 6.45) is 3.85. The number of aliphatic hydroxyl groups excluding tert-OH is 1. The van der Waals surface area contributed by atoms with Crippen LogP contribution >= 0.6 is 0 Å². The van der Waals surface area contributed by atoms with Crippen molar-refractivity contribution in [2.24, 2.45) is 0 Å². The van der Waals surface area contributed by atoms with Gasteiger partial charge in [0, 0.05) is 6.07 Å². The fraction of sp³-hybridized carbons (Fsp3) is 0.538. The maximum Gasteiger partial charge on any atom is 0.288 e. The molecule has 2 rings (SSSR count). The van der Waals surface area contributed by atoms with Crippen molar-refractivity contribution in [2.45, 2.75) is 44.8 Å². The molecular weight excluding hydrogens is 262 g/mol. The molecule has 1 saturated carbocycles. The number of nitrogens with zero attached hydrogens (tertiary/aromatic N) is 2. The fourth-order valence-electron chi connectivity index (χ4n) is 2.38. The zero-order valence-corrected chi connectivity index (χ0v) is 11.2. The number of carbonyl (C=O) groups is 1. The summed E-state index contributed by atoms with van der Waals surface area (Å²) in [5.41, 5.74) is 0.389. The molecule has 0 bridgehead atoms. The number of rotatable bonds is 3. The number of carbonyl (C=O) groups excluding carboxylic acids is 1. The third-order valence-corrected chi connectivity index (χ3v) is 3.57. The van der Waals surface area contributed by atoms with Gasteiger partial charge in [-0.25, -0.2) is 0 Å². The Morgan fingerprint density at radius 1 is 1.50 bits per heavy atom. The van der Waals surface area contributed by atoms with E-state index in [-0.39, 0.29) is 17.3 Å². The van der Waals surface area contributed by atoms with Gasteiger partial charge < -0.3 is 10.4 Å². The molecule has 1 amide bonds. The van der Waals surface area contributed by atoms with E-state index in [2.05, 4.69) is 10.3 Å². The summed E-state index contributed by atoms with van der Waals surface area (Å²) >= 11 is 0. The van der Waals surface area contributed by atoms with Crippen LogP contribution in [0.5, 0.6) is 0 Å². The van der Waals surface area contributed by atoms with Crippen molar-refractivity contribution >= 4 is 11.6 Å². The molecule has 0 aliphatic heterocycles. The fourth-order valence-corrected chi connectivity index (χ4v) is 2.38. The van der Waals surface area contributed by atoms with E-state index < -0.39 is 16.9 Å². The summed E-state index contributed by atoms with van der Waals surface area (Å²) < 4.78 is 0. The van der Waals surface area contributed by atoms with Gasteiger partial charge in [0.15, 0.2) is 0 Å². The molecule has 2 atom stereocenters. The predicted octanol–water partition coefficient (Wildman–Crippen LogP) is 1.33. The first-order chi connectivity index (χ1) is 9.49. The van der Waals surface area contributed by atoms with Crippen LogP contribution in [0.3, 0.4) is 0 Å². The number of pyridine rings is 1. The summed E-state index contributed by atoms with van der Waals surface area (Å²) in [4.78, 5) is 26.2. The molecule has 7 nitrogen and oxygen atoms in total. The van der Waals surface area contributed by atoms with E-state index in [0.29, 0.717) is 18.5 Å². The Hall–Kier alpha value is -2.02. The van der Waals surface area contributed by atoms with Crippen molar-refractivity contribution in [3.05, 3.63) is 33.6 Å². The van der Waals surface area contributed by atoms with Gasteiger partial charge in [-0.2, -0.15) is 0 Å². The Morgan fingerprint density at radius 3 is 2.85 bits per heavy atom. The minimum Gasteiger partial charge on any atom is -0.391 e. The summed E-state index contributed by atoms with van der Waals surface area (Å²) in [7, 11) is 0. The molecule has 0 radical (unpaired) electrons. The third kappa shape index (κ3) is 3.11. The summed E-state index contributed by atoms with van der Waals surface area (Å²) in [5.74, 6) is -0.426. The van der Waals surface area contributed by atoms with Gasteiger partial charge in [0.25, 0.3) is 11.6 Å². The molecule has 2 N–H and O–H groups in total. The number of aryl methyl sites for hydroxylation is 1. The van der Waals surface area contributed by atoms with Crippen LogP contribution in [0.25, 0.3) is 0 Å². The van der Waals surface area contributed by atoms with Crippen molar-refractivity contribution in [3.8, 4) is 0 Å². The van der Waals surface area contributed by atoms with Gasteiger partial charge in [-0.15, -0.1) is 0 Å². The maximum atomic E-state index is 12.2. The van der Waals surface area contributed by atoms with Crippen LogP contribution in [-0.2, 0) is 0 Å². The molecule has 20 heavy (non-hydrogen) atoms. The predicted molar refractivity (Wildman–Crippen MR) is 71.4 cm³/mol. The first kappa shape index (κ1) is 14.4. The average Bonchev–Trinajstić information content (AvgIpc) is 2.41. The van der Waals surface area contributed by atoms with E-state index in [4.69, 9.17) is 0 Å². The first-order valence-electron chi connectivity index (χ1n) is 6.59. The monoisotopic (exact) mass is 279 g/mol. The number of amides is 1. The average molecular weight is 279 g/mol. The molecule has 1 fully saturated rings. The van der Waals surface area contributed by atoms with Crippen LogP contribution in [0.4, 0.5) is 5.69 Å². The van der Waals surface area contributed by atoms with Crippen LogP contribution in [0.15, 0.2) is 12.3 Å². The molecule has 0 aromatic carbocycles. The van der Waals surface area contributed by atoms with Crippen LogP contribution in [0.1, 0.15) is 41.7 Å². The Morgan fingerprint density at radius 2 is 2.20 bits per heavy atom. The van der Waals surface area contributed by atoms with Crippen LogP contribution < -0.4 is 5.32 Å². The smallest absolute Gasteiger partial charge is 0.288 e. The zero-order valence-electron chi connectivity index (χ0n) is 11.2. The topological polar surface area (TPSA) is 105 Å². The number of aromatic nitrogens is 1. The highest BCUT2D eigenvalue weighted by molar-refractivity contribution is 5.96. The Kier molecular flexibility index (Phi) is 4.29. The molecule has 0 saturated heterocycles. The third-order valence-electron chi connectivity index (χ3n) is 3.57. The molecule has 108 valence electrons. The Balaban J connectivity index is 2.16.